The SMILES string of the molecule is C[C@]12C=Cc3occc3[C@@H]1CC[C@@]13C[C@@H](CC[C@@H]12)[C@@](O)(CO)C3. The molecule has 0 unspecified atom stereocenters. The summed E-state index contributed by atoms with van der Waals surface area (Å²) < 4.78 is 5.64. The summed E-state index contributed by atoms with van der Waals surface area (Å²) >= 11 is 0. The predicted octanol–water partition coefficient (Wildman–Crippen LogP) is 3.72. The smallest absolute Gasteiger partial charge is 0.129 e. The molecule has 1 aromatic rings. The highest BCUT2D eigenvalue weighted by atomic mass is 16.3. The summed E-state index contributed by atoms with van der Waals surface area (Å²) in [5.41, 5.74) is 0.914. The third-order valence-corrected chi connectivity index (χ3v) is 8.02. The Balaban J connectivity index is 1.58. The van der Waals surface area contributed by atoms with Crippen molar-refractivity contribution in [2.75, 3.05) is 6.61 Å². The van der Waals surface area contributed by atoms with E-state index in [0.29, 0.717) is 17.8 Å². The van der Waals surface area contributed by atoms with Crippen LogP contribution in [0.15, 0.2) is 22.8 Å². The molecule has 1 spiro atoms. The molecule has 124 valence electrons. The van der Waals surface area contributed by atoms with Gasteiger partial charge in [-0.2, -0.15) is 0 Å². The molecule has 0 saturated heterocycles. The molecule has 4 aliphatic carbocycles. The van der Waals surface area contributed by atoms with E-state index in [9.17, 15) is 10.2 Å². The molecule has 6 atom stereocenters. The van der Waals surface area contributed by atoms with Gasteiger partial charge in [-0.3, -0.25) is 0 Å². The minimum atomic E-state index is -0.836. The monoisotopic (exact) mass is 314 g/mol. The summed E-state index contributed by atoms with van der Waals surface area (Å²) in [5, 5.41) is 20.7. The van der Waals surface area contributed by atoms with Crippen molar-refractivity contribution in [1.82, 2.24) is 0 Å². The van der Waals surface area contributed by atoms with Gasteiger partial charge >= 0.3 is 0 Å². The lowest BCUT2D eigenvalue weighted by Crippen LogP contribution is -2.49. The number of hydrogen-bond donors (Lipinski definition) is 2. The van der Waals surface area contributed by atoms with Crippen molar-refractivity contribution in [2.45, 2.75) is 57.0 Å². The standard InChI is InChI=1S/C20H26O3/c1-18-7-5-16-14(6-9-23-16)15(18)4-8-19-10-13(2-3-17(18)19)20(22,11-19)12-21/h5-7,9,13,15,17,21-22H,2-4,8,10-12H2,1H3/t13-,15+,17-,18+,19+,20+/m1/s1. The van der Waals surface area contributed by atoms with Gasteiger partial charge in [0.1, 0.15) is 5.76 Å². The molecule has 2 bridgehead atoms. The summed E-state index contributed by atoms with van der Waals surface area (Å²) in [5.74, 6) is 2.47. The number of furan rings is 1. The van der Waals surface area contributed by atoms with Crippen LogP contribution in [-0.2, 0) is 0 Å². The van der Waals surface area contributed by atoms with Crippen LogP contribution in [0.2, 0.25) is 0 Å². The molecular weight excluding hydrogens is 288 g/mol. The fourth-order valence-electron chi connectivity index (χ4n) is 7.06. The maximum absolute atomic E-state index is 10.9. The lowest BCUT2D eigenvalue weighted by molar-refractivity contribution is -0.0517. The minimum absolute atomic E-state index is 0.0754. The molecule has 3 heteroatoms. The van der Waals surface area contributed by atoms with Crippen LogP contribution in [0.4, 0.5) is 0 Å². The largest absolute Gasteiger partial charge is 0.465 e. The summed E-state index contributed by atoms with van der Waals surface area (Å²) in [7, 11) is 0. The van der Waals surface area contributed by atoms with Crippen molar-refractivity contribution in [3.8, 4) is 0 Å². The molecule has 3 saturated carbocycles. The van der Waals surface area contributed by atoms with Crippen molar-refractivity contribution in [2.24, 2.45) is 22.7 Å². The van der Waals surface area contributed by atoms with Crippen LogP contribution in [0, 0.1) is 22.7 Å². The van der Waals surface area contributed by atoms with E-state index >= 15 is 0 Å². The summed E-state index contributed by atoms with van der Waals surface area (Å²) in [4.78, 5) is 0. The molecule has 0 aromatic carbocycles. The normalized spacial score (nSPS) is 50.3. The first kappa shape index (κ1) is 14.3. The molecule has 4 aliphatic rings. The van der Waals surface area contributed by atoms with Gasteiger partial charge in [0, 0.05) is 5.56 Å². The minimum Gasteiger partial charge on any atom is -0.465 e. The van der Waals surface area contributed by atoms with Crippen LogP contribution in [0.1, 0.15) is 62.7 Å². The second kappa shape index (κ2) is 4.31. The number of hydrogen-bond acceptors (Lipinski definition) is 3. The van der Waals surface area contributed by atoms with E-state index in [0.717, 1.165) is 31.4 Å². The molecule has 5 rings (SSSR count). The second-order valence-corrected chi connectivity index (χ2v) is 8.86. The Hall–Kier alpha value is -1.06. The zero-order valence-electron chi connectivity index (χ0n) is 13.8. The number of rotatable bonds is 1. The van der Waals surface area contributed by atoms with E-state index in [1.54, 1.807) is 0 Å². The van der Waals surface area contributed by atoms with E-state index in [1.807, 2.05) is 6.26 Å². The number of aliphatic hydroxyl groups excluding tert-OH is 1. The van der Waals surface area contributed by atoms with Gasteiger partial charge in [-0.25, -0.2) is 0 Å². The van der Waals surface area contributed by atoms with Crippen LogP contribution in [-0.4, -0.2) is 22.4 Å². The second-order valence-electron chi connectivity index (χ2n) is 8.86. The first-order chi connectivity index (χ1) is 11.0. The quantitative estimate of drug-likeness (QED) is 0.830. The molecule has 2 N–H and O–H groups in total. The highest BCUT2D eigenvalue weighted by Gasteiger charge is 2.65. The maximum atomic E-state index is 10.9. The number of allylic oxidation sites excluding steroid dienone is 1. The predicted molar refractivity (Wildman–Crippen MR) is 87.7 cm³/mol. The van der Waals surface area contributed by atoms with Crippen LogP contribution in [0.5, 0.6) is 0 Å². The molecule has 1 aromatic heterocycles. The average Bonchev–Trinajstić information content (AvgIpc) is 3.09. The van der Waals surface area contributed by atoms with Crippen LogP contribution in [0.25, 0.3) is 6.08 Å². The van der Waals surface area contributed by atoms with Crippen LogP contribution in [0.3, 0.4) is 0 Å². The molecule has 1 heterocycles. The Morgan fingerprint density at radius 1 is 1.30 bits per heavy atom. The Labute approximate surface area is 137 Å². The van der Waals surface area contributed by atoms with Gasteiger partial charge in [0.05, 0.1) is 18.5 Å². The number of fused-ring (bicyclic) bond motifs is 5. The Bertz CT molecular complexity index is 676. The highest BCUT2D eigenvalue weighted by molar-refractivity contribution is 5.55. The Kier molecular flexibility index (Phi) is 2.68. The molecule has 0 amide bonds. The van der Waals surface area contributed by atoms with Gasteiger partial charge in [-0.15, -0.1) is 0 Å². The van der Waals surface area contributed by atoms with Crippen molar-refractivity contribution >= 4 is 6.08 Å². The van der Waals surface area contributed by atoms with Gasteiger partial charge < -0.3 is 14.6 Å². The fourth-order valence-corrected chi connectivity index (χ4v) is 7.06. The first-order valence-corrected chi connectivity index (χ1v) is 9.11. The van der Waals surface area contributed by atoms with Crippen molar-refractivity contribution < 1.29 is 14.6 Å². The van der Waals surface area contributed by atoms with E-state index in [2.05, 4.69) is 25.1 Å². The third kappa shape index (κ3) is 1.63. The first-order valence-electron chi connectivity index (χ1n) is 9.11. The van der Waals surface area contributed by atoms with Gasteiger partial charge in [0.25, 0.3) is 0 Å². The molecule has 0 radical (unpaired) electrons. The summed E-state index contributed by atoms with van der Waals surface area (Å²) in [6.45, 7) is 2.35. The Morgan fingerprint density at radius 2 is 2.17 bits per heavy atom. The highest BCUT2D eigenvalue weighted by Crippen LogP contribution is 2.71. The van der Waals surface area contributed by atoms with Gasteiger partial charge in [0.15, 0.2) is 0 Å². The third-order valence-electron chi connectivity index (χ3n) is 8.02. The fraction of sp³-hybridized carbons (Fsp3) is 0.700. The molecule has 3 fully saturated rings. The Morgan fingerprint density at radius 3 is 3.00 bits per heavy atom. The van der Waals surface area contributed by atoms with Crippen LogP contribution >= 0.6 is 0 Å². The van der Waals surface area contributed by atoms with E-state index in [1.165, 1.54) is 18.4 Å². The average molecular weight is 314 g/mol. The zero-order chi connectivity index (χ0) is 15.9. The zero-order valence-corrected chi connectivity index (χ0v) is 13.8. The van der Waals surface area contributed by atoms with Crippen molar-refractivity contribution in [1.29, 1.82) is 0 Å². The van der Waals surface area contributed by atoms with Gasteiger partial charge in [-0.1, -0.05) is 13.0 Å². The lowest BCUT2D eigenvalue weighted by Gasteiger charge is -2.58. The topological polar surface area (TPSA) is 53.6 Å². The molecule has 0 aliphatic heterocycles. The summed E-state index contributed by atoms with van der Waals surface area (Å²) in [6, 6.07) is 2.16. The molecular formula is C20H26O3. The number of aliphatic hydroxyl groups is 2. The van der Waals surface area contributed by atoms with E-state index in [4.69, 9.17) is 4.42 Å². The van der Waals surface area contributed by atoms with E-state index < -0.39 is 5.60 Å². The van der Waals surface area contributed by atoms with Crippen molar-refractivity contribution in [3.05, 3.63) is 29.7 Å². The molecule has 3 nitrogen and oxygen atoms in total. The maximum Gasteiger partial charge on any atom is 0.129 e. The lowest BCUT2D eigenvalue weighted by atomic mass is 9.46. The van der Waals surface area contributed by atoms with Gasteiger partial charge in [0.2, 0.25) is 0 Å². The van der Waals surface area contributed by atoms with E-state index in [-0.39, 0.29) is 17.4 Å². The molecule has 23 heavy (non-hydrogen) atoms. The summed E-state index contributed by atoms with van der Waals surface area (Å²) in [6.07, 6.45) is 12.9. The van der Waals surface area contributed by atoms with Gasteiger partial charge in [-0.05, 0) is 79.3 Å². The van der Waals surface area contributed by atoms with Crippen molar-refractivity contribution in [3.63, 3.8) is 0 Å². The van der Waals surface area contributed by atoms with Crippen LogP contribution < -0.4 is 0 Å².